The minimum absolute atomic E-state index is 0.00330. The van der Waals surface area contributed by atoms with Gasteiger partial charge in [-0.05, 0) is 56.2 Å². The molecule has 0 unspecified atom stereocenters. The van der Waals surface area contributed by atoms with Gasteiger partial charge in [0.2, 0.25) is 5.91 Å². The van der Waals surface area contributed by atoms with Crippen molar-refractivity contribution in [1.82, 2.24) is 9.55 Å². The van der Waals surface area contributed by atoms with Crippen molar-refractivity contribution in [2.75, 3.05) is 12.0 Å². The molecule has 0 aliphatic carbocycles. The number of rotatable bonds is 5. The Hall–Kier alpha value is -3.58. The Bertz CT molecular complexity index is 1450. The first-order valence-corrected chi connectivity index (χ1v) is 12.1. The van der Waals surface area contributed by atoms with Crippen molar-refractivity contribution in [3.8, 4) is 11.4 Å². The predicted octanol–water partition coefficient (Wildman–Crippen LogP) is 4.85. The van der Waals surface area contributed by atoms with Gasteiger partial charge in [-0.3, -0.25) is 14.2 Å². The van der Waals surface area contributed by atoms with Crippen LogP contribution in [0.5, 0.6) is 5.75 Å². The van der Waals surface area contributed by atoms with Gasteiger partial charge in [0.05, 0.1) is 29.0 Å². The van der Waals surface area contributed by atoms with Crippen LogP contribution in [0.4, 0.5) is 5.69 Å². The molecule has 0 bridgehead atoms. The fraction of sp³-hybridized carbons (Fsp3) is 0.222. The first-order chi connectivity index (χ1) is 16.5. The Morgan fingerprint density at radius 1 is 1.03 bits per heavy atom. The molecule has 0 radical (unpaired) electrons. The molecule has 172 valence electrons. The summed E-state index contributed by atoms with van der Waals surface area (Å²) in [6.45, 7) is 3.93. The highest BCUT2D eigenvalue weighted by Gasteiger charge is 2.34. The average molecular weight is 472 g/mol. The summed E-state index contributed by atoms with van der Waals surface area (Å²) in [6, 6.07) is 22.7. The number of aromatic nitrogens is 2. The summed E-state index contributed by atoms with van der Waals surface area (Å²) in [5, 5.41) is 0.510. The molecule has 6 nitrogen and oxygen atoms in total. The van der Waals surface area contributed by atoms with Gasteiger partial charge in [-0.15, -0.1) is 0 Å². The highest BCUT2D eigenvalue weighted by Crippen LogP contribution is 2.35. The van der Waals surface area contributed by atoms with Gasteiger partial charge in [0.25, 0.3) is 5.56 Å². The lowest BCUT2D eigenvalue weighted by Crippen LogP contribution is -2.40. The maximum Gasteiger partial charge on any atom is 0.266 e. The number of carbonyl (C=O) groups excluding carboxylic acids is 1. The molecule has 1 aromatic heterocycles. The third-order valence-electron chi connectivity index (χ3n) is 6.15. The minimum atomic E-state index is -0.456. The zero-order valence-electron chi connectivity index (χ0n) is 19.3. The Kier molecular flexibility index (Phi) is 5.87. The van der Waals surface area contributed by atoms with Gasteiger partial charge in [0.15, 0.2) is 5.16 Å². The second-order valence-corrected chi connectivity index (χ2v) is 9.68. The summed E-state index contributed by atoms with van der Waals surface area (Å²) >= 11 is 1.29. The van der Waals surface area contributed by atoms with E-state index in [2.05, 4.69) is 13.0 Å². The molecule has 2 heterocycles. The van der Waals surface area contributed by atoms with E-state index in [1.165, 1.54) is 17.3 Å². The monoisotopic (exact) mass is 471 g/mol. The fourth-order valence-corrected chi connectivity index (χ4v) is 5.49. The van der Waals surface area contributed by atoms with Crippen LogP contribution in [0, 0.1) is 0 Å². The van der Waals surface area contributed by atoms with Crippen LogP contribution in [-0.2, 0) is 11.2 Å². The second-order valence-electron chi connectivity index (χ2n) is 8.37. The van der Waals surface area contributed by atoms with Crippen molar-refractivity contribution in [2.24, 2.45) is 0 Å². The van der Waals surface area contributed by atoms with Crippen molar-refractivity contribution in [3.05, 3.63) is 88.7 Å². The molecule has 1 aliphatic rings. The molecule has 0 N–H and O–H groups in total. The van der Waals surface area contributed by atoms with Crippen LogP contribution in [-0.4, -0.2) is 33.9 Å². The molecule has 5 rings (SSSR count). The SMILES string of the molecule is COc1ccccc1-n1c(S[C@@H](C)C(=O)N2c3ccccc3C[C@H]2C)nc2ccccc2c1=O. The molecular weight excluding hydrogens is 446 g/mol. The van der Waals surface area contributed by atoms with E-state index in [1.807, 2.05) is 72.5 Å². The Morgan fingerprint density at radius 2 is 1.71 bits per heavy atom. The number of thioether (sulfide) groups is 1. The molecule has 3 aromatic carbocycles. The zero-order chi connectivity index (χ0) is 23.8. The number of benzene rings is 3. The predicted molar refractivity (Wildman–Crippen MR) is 136 cm³/mol. The van der Waals surface area contributed by atoms with E-state index in [0.717, 1.165) is 12.1 Å². The van der Waals surface area contributed by atoms with Gasteiger partial charge in [-0.25, -0.2) is 4.98 Å². The van der Waals surface area contributed by atoms with Gasteiger partial charge in [-0.2, -0.15) is 0 Å². The van der Waals surface area contributed by atoms with Crippen molar-refractivity contribution in [2.45, 2.75) is 36.7 Å². The summed E-state index contributed by atoms with van der Waals surface area (Å²) in [7, 11) is 1.57. The topological polar surface area (TPSA) is 64.4 Å². The lowest BCUT2D eigenvalue weighted by molar-refractivity contribution is -0.118. The van der Waals surface area contributed by atoms with E-state index in [-0.39, 0.29) is 17.5 Å². The molecule has 0 saturated heterocycles. The Morgan fingerprint density at radius 3 is 2.50 bits per heavy atom. The maximum atomic E-state index is 13.6. The smallest absolute Gasteiger partial charge is 0.266 e. The van der Waals surface area contributed by atoms with Crippen LogP contribution in [0.1, 0.15) is 19.4 Å². The van der Waals surface area contributed by atoms with Crippen LogP contribution in [0.2, 0.25) is 0 Å². The molecule has 1 aliphatic heterocycles. The van der Waals surface area contributed by atoms with Gasteiger partial charge in [0.1, 0.15) is 5.75 Å². The highest BCUT2D eigenvalue weighted by molar-refractivity contribution is 8.00. The van der Waals surface area contributed by atoms with E-state index < -0.39 is 5.25 Å². The fourth-order valence-electron chi connectivity index (χ4n) is 4.52. The number of ether oxygens (including phenoxy) is 1. The first-order valence-electron chi connectivity index (χ1n) is 11.2. The highest BCUT2D eigenvalue weighted by atomic mass is 32.2. The molecule has 2 atom stereocenters. The Labute approximate surface area is 202 Å². The lowest BCUT2D eigenvalue weighted by atomic mass is 10.1. The van der Waals surface area contributed by atoms with Gasteiger partial charge < -0.3 is 9.64 Å². The van der Waals surface area contributed by atoms with E-state index in [9.17, 15) is 9.59 Å². The minimum Gasteiger partial charge on any atom is -0.495 e. The number of hydrogen-bond donors (Lipinski definition) is 0. The molecule has 0 saturated carbocycles. The van der Waals surface area contributed by atoms with Crippen LogP contribution in [0.3, 0.4) is 0 Å². The summed E-state index contributed by atoms with van der Waals surface area (Å²) in [4.78, 5) is 33.9. The van der Waals surface area contributed by atoms with Crippen LogP contribution >= 0.6 is 11.8 Å². The Balaban J connectivity index is 1.59. The maximum absolute atomic E-state index is 13.6. The zero-order valence-corrected chi connectivity index (χ0v) is 20.1. The quantitative estimate of drug-likeness (QED) is 0.307. The summed E-state index contributed by atoms with van der Waals surface area (Å²) in [6.07, 6.45) is 0.833. The number of methoxy groups -OCH3 is 1. The first kappa shape index (κ1) is 22.2. The summed E-state index contributed by atoms with van der Waals surface area (Å²) in [5.74, 6) is 0.557. The van der Waals surface area contributed by atoms with Gasteiger partial charge in [0, 0.05) is 11.7 Å². The van der Waals surface area contributed by atoms with Crippen molar-refractivity contribution in [1.29, 1.82) is 0 Å². The van der Waals surface area contributed by atoms with Crippen LogP contribution in [0.15, 0.2) is 82.7 Å². The number of carbonyl (C=O) groups is 1. The number of para-hydroxylation sites is 4. The van der Waals surface area contributed by atoms with Crippen molar-refractivity contribution >= 4 is 34.3 Å². The number of nitrogens with zero attached hydrogens (tertiary/aromatic N) is 3. The van der Waals surface area contributed by atoms with Crippen LogP contribution < -0.4 is 15.2 Å². The largest absolute Gasteiger partial charge is 0.495 e. The van der Waals surface area contributed by atoms with Crippen LogP contribution in [0.25, 0.3) is 16.6 Å². The molecule has 34 heavy (non-hydrogen) atoms. The lowest BCUT2D eigenvalue weighted by Gasteiger charge is -2.26. The van der Waals surface area contributed by atoms with Crippen molar-refractivity contribution < 1.29 is 9.53 Å². The molecule has 4 aromatic rings. The average Bonchev–Trinajstić information content (AvgIpc) is 3.19. The molecule has 7 heteroatoms. The second kappa shape index (κ2) is 8.99. The van der Waals surface area contributed by atoms with E-state index in [0.29, 0.717) is 27.5 Å². The normalized spacial score (nSPS) is 15.9. The third kappa shape index (κ3) is 3.76. The molecule has 0 spiro atoms. The standard InChI is InChI=1S/C27H25N3O3S/c1-17-16-19-10-4-7-13-22(19)29(17)25(31)18(2)34-27-28-21-12-6-5-11-20(21)26(32)30(27)23-14-8-9-15-24(23)33-3/h4-15,17-18H,16H2,1-3H3/t17-,18+/m1/s1. The molecule has 0 fully saturated rings. The molecule has 1 amide bonds. The van der Waals surface area contributed by atoms with E-state index in [4.69, 9.17) is 9.72 Å². The van der Waals surface area contributed by atoms with Gasteiger partial charge >= 0.3 is 0 Å². The van der Waals surface area contributed by atoms with E-state index in [1.54, 1.807) is 17.7 Å². The third-order valence-corrected chi connectivity index (χ3v) is 7.19. The van der Waals surface area contributed by atoms with E-state index >= 15 is 0 Å². The molecular formula is C27H25N3O3S. The van der Waals surface area contributed by atoms with Crippen molar-refractivity contribution in [3.63, 3.8) is 0 Å². The van der Waals surface area contributed by atoms with Gasteiger partial charge in [-0.1, -0.05) is 54.2 Å². The number of amides is 1. The number of anilines is 1. The number of fused-ring (bicyclic) bond motifs is 2. The summed E-state index contributed by atoms with van der Waals surface area (Å²) < 4.78 is 7.09. The summed E-state index contributed by atoms with van der Waals surface area (Å²) in [5.41, 5.74) is 3.13. The number of hydrogen-bond acceptors (Lipinski definition) is 5.